The highest BCUT2D eigenvalue weighted by atomic mass is 32.2. The molecule has 0 atom stereocenters. The number of nitrogens with one attached hydrogen (secondary N) is 1. The summed E-state index contributed by atoms with van der Waals surface area (Å²) in [5.74, 6) is 1.03. The molecule has 1 aromatic heterocycles. The molecule has 0 bridgehead atoms. The Kier molecular flexibility index (Phi) is 6.00. The Morgan fingerprint density at radius 3 is 2.73 bits per heavy atom. The number of aromatic nitrogens is 3. The lowest BCUT2D eigenvalue weighted by Crippen LogP contribution is -2.36. The van der Waals surface area contributed by atoms with E-state index in [9.17, 15) is 9.59 Å². The summed E-state index contributed by atoms with van der Waals surface area (Å²) >= 11 is 1.24. The summed E-state index contributed by atoms with van der Waals surface area (Å²) in [7, 11) is 0. The number of rotatable bonds is 6. The lowest BCUT2D eigenvalue weighted by atomic mass is 9.89. The smallest absolute Gasteiger partial charge is 0.318 e. The van der Waals surface area contributed by atoms with Gasteiger partial charge in [-0.05, 0) is 12.8 Å². The van der Waals surface area contributed by atoms with Gasteiger partial charge in [-0.15, -0.1) is 16.8 Å². The average molecular weight is 323 g/mol. The minimum absolute atomic E-state index is 0.0723. The van der Waals surface area contributed by atoms with Crippen molar-refractivity contribution in [3.8, 4) is 0 Å². The van der Waals surface area contributed by atoms with Crippen LogP contribution in [0.3, 0.4) is 0 Å². The number of thioether (sulfide) groups is 1. The first-order chi connectivity index (χ1) is 10.6. The van der Waals surface area contributed by atoms with Crippen molar-refractivity contribution in [2.75, 3.05) is 5.75 Å². The van der Waals surface area contributed by atoms with E-state index in [-0.39, 0.29) is 5.75 Å². The van der Waals surface area contributed by atoms with E-state index in [0.717, 1.165) is 18.7 Å². The van der Waals surface area contributed by atoms with Crippen molar-refractivity contribution in [3.63, 3.8) is 0 Å². The van der Waals surface area contributed by atoms with Crippen molar-refractivity contribution in [2.45, 2.75) is 49.7 Å². The SMILES string of the molecule is C=CCn1c(SCC(=O)NC(N)=O)nnc1C1CCCCC1. The topological polar surface area (TPSA) is 103 Å². The summed E-state index contributed by atoms with van der Waals surface area (Å²) in [6.45, 7) is 4.38. The largest absolute Gasteiger partial charge is 0.351 e. The van der Waals surface area contributed by atoms with E-state index < -0.39 is 11.9 Å². The number of hydrogen-bond donors (Lipinski definition) is 2. The summed E-state index contributed by atoms with van der Waals surface area (Å²) < 4.78 is 2.01. The zero-order chi connectivity index (χ0) is 15.9. The van der Waals surface area contributed by atoms with E-state index in [1.807, 2.05) is 9.88 Å². The van der Waals surface area contributed by atoms with Crippen LogP contribution in [0.1, 0.15) is 43.8 Å². The van der Waals surface area contributed by atoms with Crippen molar-refractivity contribution in [1.29, 1.82) is 0 Å². The second-order valence-electron chi connectivity index (χ2n) is 5.28. The van der Waals surface area contributed by atoms with Gasteiger partial charge in [-0.1, -0.05) is 37.1 Å². The number of hydrogen-bond acceptors (Lipinski definition) is 5. The molecule has 0 spiro atoms. The fourth-order valence-corrected chi connectivity index (χ4v) is 3.43. The van der Waals surface area contributed by atoms with Gasteiger partial charge in [-0.25, -0.2) is 4.79 Å². The molecular weight excluding hydrogens is 302 g/mol. The quantitative estimate of drug-likeness (QED) is 0.614. The summed E-state index contributed by atoms with van der Waals surface area (Å²) in [4.78, 5) is 22.1. The van der Waals surface area contributed by atoms with Crippen molar-refractivity contribution >= 4 is 23.7 Å². The van der Waals surface area contributed by atoms with Crippen LogP contribution >= 0.6 is 11.8 Å². The molecule has 1 aliphatic rings. The van der Waals surface area contributed by atoms with Crippen molar-refractivity contribution in [2.24, 2.45) is 5.73 Å². The van der Waals surface area contributed by atoms with Crippen LogP contribution in [0.2, 0.25) is 0 Å². The number of amides is 3. The summed E-state index contributed by atoms with van der Waals surface area (Å²) in [6, 6.07) is -0.846. The predicted octanol–water partition coefficient (Wildman–Crippen LogP) is 1.80. The highest BCUT2D eigenvalue weighted by molar-refractivity contribution is 7.99. The fourth-order valence-electron chi connectivity index (χ4n) is 2.67. The molecule has 1 fully saturated rings. The van der Waals surface area contributed by atoms with Gasteiger partial charge in [0.2, 0.25) is 5.91 Å². The maximum atomic E-state index is 11.5. The Labute approximate surface area is 133 Å². The highest BCUT2D eigenvalue weighted by Gasteiger charge is 2.23. The molecule has 1 aliphatic carbocycles. The Hall–Kier alpha value is -1.83. The van der Waals surface area contributed by atoms with Gasteiger partial charge in [-0.3, -0.25) is 10.1 Å². The molecule has 0 radical (unpaired) electrons. The molecule has 1 saturated carbocycles. The minimum Gasteiger partial charge on any atom is -0.351 e. The zero-order valence-electron chi connectivity index (χ0n) is 12.5. The molecule has 0 unspecified atom stereocenters. The maximum Gasteiger partial charge on any atom is 0.318 e. The molecule has 0 saturated heterocycles. The van der Waals surface area contributed by atoms with Crippen LogP contribution < -0.4 is 11.1 Å². The lowest BCUT2D eigenvalue weighted by molar-refractivity contribution is -0.117. The number of allylic oxidation sites excluding steroid dienone is 1. The second kappa shape index (κ2) is 7.98. The number of nitrogens with zero attached hydrogens (tertiary/aromatic N) is 3. The minimum atomic E-state index is -0.846. The van der Waals surface area contributed by atoms with Crippen LogP contribution in [-0.4, -0.2) is 32.5 Å². The first-order valence-corrected chi connectivity index (χ1v) is 8.36. The van der Waals surface area contributed by atoms with Crippen LogP contribution in [0.4, 0.5) is 4.79 Å². The molecule has 0 aliphatic heterocycles. The Balaban J connectivity index is 2.07. The maximum absolute atomic E-state index is 11.5. The van der Waals surface area contributed by atoms with E-state index in [2.05, 4.69) is 16.8 Å². The Bertz CT molecular complexity index is 551. The van der Waals surface area contributed by atoms with E-state index in [1.165, 1.54) is 31.0 Å². The number of imide groups is 1. The molecule has 3 N–H and O–H groups in total. The fraction of sp³-hybridized carbons (Fsp3) is 0.571. The zero-order valence-corrected chi connectivity index (χ0v) is 13.3. The average Bonchev–Trinajstić information content (AvgIpc) is 2.89. The third kappa shape index (κ3) is 4.33. The van der Waals surface area contributed by atoms with Crippen molar-refractivity contribution in [1.82, 2.24) is 20.1 Å². The molecule has 1 heterocycles. The van der Waals surface area contributed by atoms with E-state index >= 15 is 0 Å². The second-order valence-corrected chi connectivity index (χ2v) is 6.22. The normalized spacial score (nSPS) is 15.5. The monoisotopic (exact) mass is 323 g/mol. The van der Waals surface area contributed by atoms with E-state index in [4.69, 9.17) is 5.73 Å². The van der Waals surface area contributed by atoms with Gasteiger partial charge in [-0.2, -0.15) is 0 Å². The van der Waals surface area contributed by atoms with Crippen molar-refractivity contribution < 1.29 is 9.59 Å². The predicted molar refractivity (Wildman–Crippen MR) is 84.5 cm³/mol. The van der Waals surface area contributed by atoms with E-state index in [0.29, 0.717) is 17.6 Å². The van der Waals surface area contributed by atoms with E-state index in [1.54, 1.807) is 6.08 Å². The highest BCUT2D eigenvalue weighted by Crippen LogP contribution is 2.33. The van der Waals surface area contributed by atoms with Gasteiger partial charge in [0, 0.05) is 12.5 Å². The molecule has 7 nitrogen and oxygen atoms in total. The Morgan fingerprint density at radius 2 is 2.09 bits per heavy atom. The third-order valence-electron chi connectivity index (χ3n) is 3.62. The van der Waals surface area contributed by atoms with Crippen LogP contribution in [0, 0.1) is 0 Å². The van der Waals surface area contributed by atoms with Crippen LogP contribution in [0.5, 0.6) is 0 Å². The number of primary amides is 1. The van der Waals surface area contributed by atoms with Gasteiger partial charge < -0.3 is 10.3 Å². The van der Waals surface area contributed by atoms with Crippen LogP contribution in [0.15, 0.2) is 17.8 Å². The summed E-state index contributed by atoms with van der Waals surface area (Å²) in [5.41, 5.74) is 4.91. The molecule has 22 heavy (non-hydrogen) atoms. The molecule has 8 heteroatoms. The van der Waals surface area contributed by atoms with Gasteiger partial charge in [0.05, 0.1) is 5.75 Å². The number of carbonyl (C=O) groups excluding carboxylic acids is 2. The Morgan fingerprint density at radius 1 is 1.36 bits per heavy atom. The summed E-state index contributed by atoms with van der Waals surface area (Å²) in [6.07, 6.45) is 7.76. The molecule has 120 valence electrons. The number of urea groups is 1. The third-order valence-corrected chi connectivity index (χ3v) is 4.59. The first kappa shape index (κ1) is 16.5. The van der Waals surface area contributed by atoms with Crippen LogP contribution in [0.25, 0.3) is 0 Å². The van der Waals surface area contributed by atoms with Crippen LogP contribution in [-0.2, 0) is 11.3 Å². The molecule has 2 rings (SSSR count). The molecule has 0 aromatic carbocycles. The van der Waals surface area contributed by atoms with Gasteiger partial charge in [0.1, 0.15) is 5.82 Å². The van der Waals surface area contributed by atoms with Crippen molar-refractivity contribution in [3.05, 3.63) is 18.5 Å². The van der Waals surface area contributed by atoms with Gasteiger partial charge in [0.15, 0.2) is 5.16 Å². The van der Waals surface area contributed by atoms with Gasteiger partial charge >= 0.3 is 6.03 Å². The molecular formula is C14H21N5O2S. The number of nitrogens with two attached hydrogens (primary N) is 1. The molecule has 1 aromatic rings. The standard InChI is InChI=1S/C14H21N5O2S/c1-2-8-19-12(10-6-4-3-5-7-10)17-18-14(19)22-9-11(20)16-13(15)21/h2,10H,1,3-9H2,(H3,15,16,20,21). The summed E-state index contributed by atoms with van der Waals surface area (Å²) in [5, 5.41) is 11.2. The first-order valence-electron chi connectivity index (χ1n) is 7.38. The lowest BCUT2D eigenvalue weighted by Gasteiger charge is -2.21. The molecule has 3 amide bonds. The van der Waals surface area contributed by atoms with Gasteiger partial charge in [0.25, 0.3) is 0 Å². The number of carbonyl (C=O) groups is 2.